The molecule has 0 spiro atoms. The van der Waals surface area contributed by atoms with Gasteiger partial charge in [0, 0.05) is 0 Å². The van der Waals surface area contributed by atoms with Gasteiger partial charge in [0.2, 0.25) is 0 Å². The van der Waals surface area contributed by atoms with Gasteiger partial charge in [0.1, 0.15) is 0 Å². The molecule has 1 saturated carbocycles. The summed E-state index contributed by atoms with van der Waals surface area (Å²) in [6.45, 7) is 2.50. The van der Waals surface area contributed by atoms with Crippen LogP contribution in [0.3, 0.4) is 0 Å². The summed E-state index contributed by atoms with van der Waals surface area (Å²) in [7, 11) is -3.90. The number of nitrogens with two attached hydrogens (primary N) is 1. The molecular formula is C8H18NO3P. The highest BCUT2D eigenvalue weighted by Crippen LogP contribution is 2.50. The van der Waals surface area contributed by atoms with E-state index in [4.69, 9.17) is 15.5 Å². The van der Waals surface area contributed by atoms with Crippen molar-refractivity contribution in [2.75, 3.05) is 12.7 Å². The van der Waals surface area contributed by atoms with E-state index in [1.165, 1.54) is 0 Å². The second kappa shape index (κ2) is 3.70. The molecule has 5 heteroatoms. The lowest BCUT2D eigenvalue weighted by molar-refractivity contribution is 0.296. The van der Waals surface area contributed by atoms with Gasteiger partial charge in [-0.05, 0) is 30.7 Å². The maximum absolute atomic E-state index is 10.9. The first-order valence-corrected chi connectivity index (χ1v) is 6.41. The zero-order valence-electron chi connectivity index (χ0n) is 7.94. The average Bonchev–Trinajstić information content (AvgIpc) is 2.29. The molecular weight excluding hydrogens is 189 g/mol. The highest BCUT2D eigenvalue weighted by atomic mass is 31.2. The first-order valence-electron chi connectivity index (χ1n) is 4.62. The molecule has 0 radical (unpaired) electrons. The highest BCUT2D eigenvalue weighted by Gasteiger charge is 2.40. The van der Waals surface area contributed by atoms with Gasteiger partial charge in [-0.3, -0.25) is 4.57 Å². The largest absolute Gasteiger partial charge is 0.330 e. The lowest BCUT2D eigenvalue weighted by Crippen LogP contribution is -2.31. The molecule has 4 N–H and O–H groups in total. The Balaban J connectivity index is 2.67. The van der Waals surface area contributed by atoms with Gasteiger partial charge in [0.15, 0.2) is 0 Å². The Bertz CT molecular complexity index is 227. The van der Waals surface area contributed by atoms with Crippen molar-refractivity contribution in [3.05, 3.63) is 0 Å². The summed E-state index contributed by atoms with van der Waals surface area (Å²) in [5, 5.41) is 0. The Labute approximate surface area is 78.7 Å². The number of rotatable bonds is 3. The van der Waals surface area contributed by atoms with Crippen LogP contribution in [0.15, 0.2) is 0 Å². The third-order valence-electron chi connectivity index (χ3n) is 2.92. The van der Waals surface area contributed by atoms with Gasteiger partial charge < -0.3 is 15.5 Å². The van der Waals surface area contributed by atoms with Crippen molar-refractivity contribution < 1.29 is 14.4 Å². The summed E-state index contributed by atoms with van der Waals surface area (Å²) in [6, 6.07) is 0. The minimum absolute atomic E-state index is 0.0408. The van der Waals surface area contributed by atoms with Gasteiger partial charge >= 0.3 is 7.60 Å². The molecule has 0 heterocycles. The monoisotopic (exact) mass is 207 g/mol. The molecule has 1 aliphatic rings. The van der Waals surface area contributed by atoms with Crippen LogP contribution in [-0.2, 0) is 4.57 Å². The molecule has 13 heavy (non-hydrogen) atoms. The van der Waals surface area contributed by atoms with Gasteiger partial charge in [0.25, 0.3) is 0 Å². The predicted octanol–water partition coefficient (Wildman–Crippen LogP) is 0.929. The van der Waals surface area contributed by atoms with Crippen LogP contribution in [0, 0.1) is 11.3 Å². The van der Waals surface area contributed by atoms with E-state index in [1.807, 2.05) is 0 Å². The van der Waals surface area contributed by atoms with Gasteiger partial charge in [-0.1, -0.05) is 13.3 Å². The van der Waals surface area contributed by atoms with Crippen molar-refractivity contribution >= 4 is 7.60 Å². The van der Waals surface area contributed by atoms with Crippen molar-refractivity contribution in [2.24, 2.45) is 17.1 Å². The number of hydrogen-bond acceptors (Lipinski definition) is 2. The maximum Gasteiger partial charge on any atom is 0.326 e. The molecule has 2 atom stereocenters. The zero-order chi connectivity index (χ0) is 10.1. The van der Waals surface area contributed by atoms with E-state index in [1.54, 1.807) is 0 Å². The standard InChI is InChI=1S/C8H18NO3P/c1-7-2-3-8(4-7,5-9)6-13(10,11)12/h7H,2-6,9H2,1H3,(H2,10,11,12)/t7-,8-/m0/s1. The Morgan fingerprint density at radius 2 is 2.23 bits per heavy atom. The molecule has 0 bridgehead atoms. The molecule has 0 aromatic rings. The molecule has 0 aliphatic heterocycles. The summed E-state index contributed by atoms with van der Waals surface area (Å²) in [6.07, 6.45) is 2.71. The van der Waals surface area contributed by atoms with Crippen LogP contribution < -0.4 is 5.73 Å². The quantitative estimate of drug-likeness (QED) is 0.601. The van der Waals surface area contributed by atoms with E-state index in [9.17, 15) is 4.57 Å². The van der Waals surface area contributed by atoms with Crippen LogP contribution in [0.1, 0.15) is 26.2 Å². The average molecular weight is 207 g/mol. The first kappa shape index (κ1) is 11.2. The van der Waals surface area contributed by atoms with Crippen LogP contribution in [0.4, 0.5) is 0 Å². The summed E-state index contributed by atoms with van der Waals surface area (Å²) >= 11 is 0. The van der Waals surface area contributed by atoms with Crippen molar-refractivity contribution in [2.45, 2.75) is 26.2 Å². The van der Waals surface area contributed by atoms with Crippen LogP contribution in [0.25, 0.3) is 0 Å². The van der Waals surface area contributed by atoms with E-state index in [0.717, 1.165) is 19.3 Å². The molecule has 1 rings (SSSR count). The van der Waals surface area contributed by atoms with Gasteiger partial charge in [-0.15, -0.1) is 0 Å². The molecule has 0 saturated heterocycles. The second-order valence-electron chi connectivity index (χ2n) is 4.37. The molecule has 4 nitrogen and oxygen atoms in total. The molecule has 0 unspecified atom stereocenters. The van der Waals surface area contributed by atoms with E-state index < -0.39 is 7.60 Å². The van der Waals surface area contributed by atoms with Crippen molar-refractivity contribution in [3.8, 4) is 0 Å². The van der Waals surface area contributed by atoms with Gasteiger partial charge in [0.05, 0.1) is 6.16 Å². The highest BCUT2D eigenvalue weighted by molar-refractivity contribution is 7.51. The minimum atomic E-state index is -3.90. The lowest BCUT2D eigenvalue weighted by Gasteiger charge is -2.27. The molecule has 0 amide bonds. The van der Waals surface area contributed by atoms with Crippen LogP contribution in [0.5, 0.6) is 0 Å². The van der Waals surface area contributed by atoms with Crippen LogP contribution in [-0.4, -0.2) is 22.5 Å². The lowest BCUT2D eigenvalue weighted by atomic mass is 9.88. The SMILES string of the molecule is C[C@H]1CC[C@](CN)(CP(=O)(O)O)C1. The number of hydrogen-bond donors (Lipinski definition) is 3. The van der Waals surface area contributed by atoms with Crippen molar-refractivity contribution in [3.63, 3.8) is 0 Å². The van der Waals surface area contributed by atoms with Gasteiger partial charge in [-0.25, -0.2) is 0 Å². The molecule has 1 aliphatic carbocycles. The summed E-state index contributed by atoms with van der Waals surface area (Å²) in [5.74, 6) is 0.551. The topological polar surface area (TPSA) is 83.6 Å². The fourth-order valence-corrected chi connectivity index (χ4v) is 3.62. The zero-order valence-corrected chi connectivity index (χ0v) is 8.83. The summed E-state index contributed by atoms with van der Waals surface area (Å²) in [5.41, 5.74) is 5.30. The second-order valence-corrected chi connectivity index (χ2v) is 6.02. The third-order valence-corrected chi connectivity index (χ3v) is 4.01. The van der Waals surface area contributed by atoms with E-state index in [2.05, 4.69) is 6.92 Å². The molecule has 0 aromatic heterocycles. The molecule has 1 fully saturated rings. The Morgan fingerprint density at radius 3 is 2.54 bits per heavy atom. The smallest absolute Gasteiger partial charge is 0.326 e. The van der Waals surface area contributed by atoms with Gasteiger partial charge in [-0.2, -0.15) is 0 Å². The Hall–Kier alpha value is 0.110. The molecule has 0 aromatic carbocycles. The fourth-order valence-electron chi connectivity index (χ4n) is 2.33. The molecule has 78 valence electrons. The maximum atomic E-state index is 10.9. The summed E-state index contributed by atoms with van der Waals surface area (Å²) < 4.78 is 10.9. The van der Waals surface area contributed by atoms with E-state index in [0.29, 0.717) is 12.5 Å². The third kappa shape index (κ3) is 3.06. The first-order chi connectivity index (χ1) is 5.87. The van der Waals surface area contributed by atoms with Crippen molar-refractivity contribution in [1.29, 1.82) is 0 Å². The fraction of sp³-hybridized carbons (Fsp3) is 1.00. The van der Waals surface area contributed by atoms with Crippen molar-refractivity contribution in [1.82, 2.24) is 0 Å². The predicted molar refractivity (Wildman–Crippen MR) is 51.4 cm³/mol. The van der Waals surface area contributed by atoms with E-state index in [-0.39, 0.29) is 11.6 Å². The van der Waals surface area contributed by atoms with Crippen LogP contribution in [0.2, 0.25) is 0 Å². The Morgan fingerprint density at radius 1 is 1.62 bits per heavy atom. The Kier molecular flexibility index (Phi) is 3.18. The van der Waals surface area contributed by atoms with Crippen LogP contribution >= 0.6 is 7.60 Å². The normalized spacial score (nSPS) is 35.2. The van der Waals surface area contributed by atoms with E-state index >= 15 is 0 Å². The minimum Gasteiger partial charge on any atom is -0.330 e. The summed E-state index contributed by atoms with van der Waals surface area (Å²) in [4.78, 5) is 17.8.